The predicted molar refractivity (Wildman–Crippen MR) is 45.0 cm³/mol. The van der Waals surface area contributed by atoms with Crippen LogP contribution < -0.4 is 4.74 Å². The molecule has 0 unspecified atom stereocenters. The Morgan fingerprint density at radius 1 is 1.55 bits per heavy atom. The molecule has 0 radical (unpaired) electrons. The quantitative estimate of drug-likeness (QED) is 0.644. The normalized spacial score (nSPS) is 8.82. The number of hydrogen-bond acceptors (Lipinski definition) is 3. The minimum Gasteiger partial charge on any atom is -0.497 e. The minimum atomic E-state index is 0.535. The second-order valence-corrected chi connectivity index (χ2v) is 2.48. The van der Waals surface area contributed by atoms with Gasteiger partial charge in [0.25, 0.3) is 0 Å². The Labute approximate surface area is 70.8 Å². The maximum absolute atomic E-state index is 8.58. The third kappa shape index (κ3) is 1.66. The van der Waals surface area contributed by atoms with Crippen molar-refractivity contribution in [1.82, 2.24) is 0 Å². The van der Waals surface area contributed by atoms with Crippen LogP contribution in [0.3, 0.4) is 0 Å². The number of methoxy groups -OCH3 is 1. The van der Waals surface area contributed by atoms with E-state index >= 15 is 0 Å². The van der Waals surface area contributed by atoms with E-state index in [1.165, 1.54) is 0 Å². The summed E-state index contributed by atoms with van der Waals surface area (Å²) in [6.07, 6.45) is 0. The van der Waals surface area contributed by atoms with Crippen LogP contribution in [0.2, 0.25) is 0 Å². The lowest BCUT2D eigenvalue weighted by Gasteiger charge is -2.00. The van der Waals surface area contributed by atoms with Crippen LogP contribution in [0.15, 0.2) is 23.1 Å². The van der Waals surface area contributed by atoms with Gasteiger partial charge in [-0.1, -0.05) is 0 Å². The molecule has 0 aliphatic heterocycles. The van der Waals surface area contributed by atoms with Gasteiger partial charge in [-0.25, -0.2) is 0 Å². The van der Waals surface area contributed by atoms with Gasteiger partial charge in [-0.15, -0.1) is 12.6 Å². The maximum Gasteiger partial charge on any atom is 0.120 e. The smallest absolute Gasteiger partial charge is 0.120 e. The van der Waals surface area contributed by atoms with Crippen molar-refractivity contribution >= 4 is 12.6 Å². The van der Waals surface area contributed by atoms with Gasteiger partial charge in [0.15, 0.2) is 0 Å². The summed E-state index contributed by atoms with van der Waals surface area (Å²) in [6, 6.07) is 7.17. The predicted octanol–water partition coefficient (Wildman–Crippen LogP) is 1.86. The van der Waals surface area contributed by atoms with Gasteiger partial charge in [-0.2, -0.15) is 5.26 Å². The van der Waals surface area contributed by atoms with Gasteiger partial charge >= 0.3 is 0 Å². The molecule has 0 amide bonds. The fourth-order valence-corrected chi connectivity index (χ4v) is 0.921. The molecule has 0 atom stereocenters. The van der Waals surface area contributed by atoms with Gasteiger partial charge in [0.1, 0.15) is 11.8 Å². The Morgan fingerprint density at radius 2 is 2.27 bits per heavy atom. The van der Waals surface area contributed by atoms with E-state index in [2.05, 4.69) is 12.6 Å². The zero-order valence-corrected chi connectivity index (χ0v) is 6.93. The van der Waals surface area contributed by atoms with Crippen molar-refractivity contribution in [3.8, 4) is 11.8 Å². The highest BCUT2D eigenvalue weighted by molar-refractivity contribution is 7.80. The summed E-state index contributed by atoms with van der Waals surface area (Å²) >= 11 is 4.09. The van der Waals surface area contributed by atoms with E-state index in [4.69, 9.17) is 10.00 Å². The first-order valence-corrected chi connectivity index (χ1v) is 3.49. The Bertz CT molecular complexity index is 303. The third-order valence-corrected chi connectivity index (χ3v) is 1.71. The number of thiol groups is 1. The number of ether oxygens (including phenoxy) is 1. The molecule has 1 aromatic carbocycles. The highest BCUT2D eigenvalue weighted by atomic mass is 32.1. The average molecular weight is 165 g/mol. The SMILES string of the molecule is COc1ccc(S)c(C#N)c1. The largest absolute Gasteiger partial charge is 0.497 e. The molecule has 0 saturated heterocycles. The summed E-state index contributed by atoms with van der Waals surface area (Å²) < 4.78 is 4.93. The highest BCUT2D eigenvalue weighted by Crippen LogP contribution is 2.19. The Hall–Kier alpha value is -1.14. The molecule has 2 nitrogen and oxygen atoms in total. The van der Waals surface area contributed by atoms with Crippen LogP contribution in [0.4, 0.5) is 0 Å². The van der Waals surface area contributed by atoms with Crippen LogP contribution in [-0.2, 0) is 0 Å². The summed E-state index contributed by atoms with van der Waals surface area (Å²) in [5.41, 5.74) is 0.535. The number of hydrogen-bond donors (Lipinski definition) is 1. The van der Waals surface area contributed by atoms with Crippen molar-refractivity contribution in [3.63, 3.8) is 0 Å². The molecule has 0 fully saturated rings. The lowest BCUT2D eigenvalue weighted by molar-refractivity contribution is 0.414. The van der Waals surface area contributed by atoms with E-state index in [1.807, 2.05) is 6.07 Å². The summed E-state index contributed by atoms with van der Waals surface area (Å²) in [7, 11) is 1.56. The molecule has 1 aromatic rings. The molecule has 0 aliphatic rings. The molecule has 0 aromatic heterocycles. The van der Waals surface area contributed by atoms with Crippen molar-refractivity contribution in [2.45, 2.75) is 4.90 Å². The van der Waals surface area contributed by atoms with E-state index in [1.54, 1.807) is 25.3 Å². The van der Waals surface area contributed by atoms with Crippen molar-refractivity contribution < 1.29 is 4.74 Å². The monoisotopic (exact) mass is 165 g/mol. The number of rotatable bonds is 1. The van der Waals surface area contributed by atoms with Gasteiger partial charge in [0.2, 0.25) is 0 Å². The van der Waals surface area contributed by atoms with Gasteiger partial charge in [0, 0.05) is 4.90 Å². The van der Waals surface area contributed by atoms with Crippen LogP contribution in [0.1, 0.15) is 5.56 Å². The third-order valence-electron chi connectivity index (χ3n) is 1.32. The van der Waals surface area contributed by atoms with Gasteiger partial charge in [-0.3, -0.25) is 0 Å². The number of nitrogens with zero attached hydrogens (tertiary/aromatic N) is 1. The zero-order chi connectivity index (χ0) is 8.27. The van der Waals surface area contributed by atoms with Gasteiger partial charge in [-0.05, 0) is 18.2 Å². The first-order valence-electron chi connectivity index (χ1n) is 3.05. The molecular formula is C8H7NOS. The van der Waals surface area contributed by atoms with Crippen LogP contribution in [0, 0.1) is 11.3 Å². The Balaban J connectivity index is 3.15. The molecule has 3 heteroatoms. The lowest BCUT2D eigenvalue weighted by Crippen LogP contribution is -1.84. The van der Waals surface area contributed by atoms with E-state index in [0.717, 1.165) is 0 Å². The number of nitriles is 1. The molecule has 56 valence electrons. The summed E-state index contributed by atoms with van der Waals surface area (Å²) in [5, 5.41) is 8.58. The molecule has 0 N–H and O–H groups in total. The standard InChI is InChI=1S/C8H7NOS/c1-10-7-2-3-8(11)6(4-7)5-9/h2-4,11H,1H3. The van der Waals surface area contributed by atoms with E-state index in [0.29, 0.717) is 16.2 Å². The molecular weight excluding hydrogens is 158 g/mol. The van der Waals surface area contributed by atoms with Crippen molar-refractivity contribution in [1.29, 1.82) is 5.26 Å². The second-order valence-electron chi connectivity index (χ2n) is 1.99. The highest BCUT2D eigenvalue weighted by Gasteiger charge is 1.98. The molecule has 0 spiro atoms. The Kier molecular flexibility index (Phi) is 2.40. The van der Waals surface area contributed by atoms with E-state index in [-0.39, 0.29) is 0 Å². The fraction of sp³-hybridized carbons (Fsp3) is 0.125. The molecule has 0 bridgehead atoms. The summed E-state index contributed by atoms with van der Waals surface area (Å²) in [6.45, 7) is 0. The van der Waals surface area contributed by atoms with Crippen molar-refractivity contribution in [2.75, 3.05) is 7.11 Å². The topological polar surface area (TPSA) is 33.0 Å². The number of benzene rings is 1. The van der Waals surface area contributed by atoms with Crippen LogP contribution in [0.25, 0.3) is 0 Å². The first-order chi connectivity index (χ1) is 5.27. The average Bonchev–Trinajstić information content (AvgIpc) is 2.05. The van der Waals surface area contributed by atoms with Crippen molar-refractivity contribution in [2.24, 2.45) is 0 Å². The van der Waals surface area contributed by atoms with Gasteiger partial charge < -0.3 is 4.74 Å². The second kappa shape index (κ2) is 3.31. The summed E-state index contributed by atoms with van der Waals surface area (Å²) in [5.74, 6) is 0.680. The fourth-order valence-electron chi connectivity index (χ4n) is 0.732. The van der Waals surface area contributed by atoms with E-state index in [9.17, 15) is 0 Å². The van der Waals surface area contributed by atoms with Crippen LogP contribution in [0.5, 0.6) is 5.75 Å². The molecule has 0 aliphatic carbocycles. The van der Waals surface area contributed by atoms with Gasteiger partial charge in [0.05, 0.1) is 12.7 Å². The van der Waals surface area contributed by atoms with Crippen LogP contribution >= 0.6 is 12.6 Å². The maximum atomic E-state index is 8.58. The minimum absolute atomic E-state index is 0.535. The summed E-state index contributed by atoms with van der Waals surface area (Å²) in [4.78, 5) is 0.674. The first kappa shape index (κ1) is 7.96. The molecule has 0 heterocycles. The Morgan fingerprint density at radius 3 is 2.82 bits per heavy atom. The molecule has 0 saturated carbocycles. The zero-order valence-electron chi connectivity index (χ0n) is 6.03. The van der Waals surface area contributed by atoms with Crippen LogP contribution in [-0.4, -0.2) is 7.11 Å². The lowest BCUT2D eigenvalue weighted by atomic mass is 10.2. The van der Waals surface area contributed by atoms with E-state index < -0.39 is 0 Å². The van der Waals surface area contributed by atoms with Crippen molar-refractivity contribution in [3.05, 3.63) is 23.8 Å². The molecule has 1 rings (SSSR count). The molecule has 11 heavy (non-hydrogen) atoms.